The number of nitrogens with one attached hydrogen (secondary N) is 1. The van der Waals surface area contributed by atoms with E-state index in [9.17, 15) is 20.2 Å². The average Bonchev–Trinajstić information content (AvgIpc) is 2.27. The first kappa shape index (κ1) is 14.6. The second-order valence-electron chi connectivity index (χ2n) is 4.95. The number of hydrogen-bond donors (Lipinski definition) is 1. The van der Waals surface area contributed by atoms with E-state index in [1.807, 2.05) is 20.8 Å². The first-order valence-corrected chi connectivity index (χ1v) is 5.44. The van der Waals surface area contributed by atoms with E-state index >= 15 is 0 Å². The van der Waals surface area contributed by atoms with Crippen LogP contribution in [-0.2, 0) is 0 Å². The Bertz CT molecular complexity index is 534. The topological polar surface area (TPSA) is 111 Å². The Balaban J connectivity index is 3.04. The van der Waals surface area contributed by atoms with E-state index in [0.717, 1.165) is 6.07 Å². The van der Waals surface area contributed by atoms with Crippen molar-refractivity contribution in [2.45, 2.75) is 20.8 Å². The van der Waals surface area contributed by atoms with Gasteiger partial charge in [0.1, 0.15) is 5.69 Å². The molecule has 8 nitrogen and oxygen atoms in total. The fourth-order valence-corrected chi connectivity index (χ4v) is 1.17. The number of non-ortho nitro benzene ring substituents is 1. The first-order valence-electron chi connectivity index (χ1n) is 5.44. The molecule has 0 fully saturated rings. The highest BCUT2D eigenvalue weighted by Gasteiger charge is 2.19. The lowest BCUT2D eigenvalue weighted by molar-refractivity contribution is -0.393. The van der Waals surface area contributed by atoms with Crippen LogP contribution in [-0.4, -0.2) is 16.1 Å². The number of nitro groups is 2. The van der Waals surface area contributed by atoms with Crippen molar-refractivity contribution in [2.75, 3.05) is 5.43 Å². The summed E-state index contributed by atoms with van der Waals surface area (Å²) in [6.07, 6.45) is 1.60. The van der Waals surface area contributed by atoms with Crippen LogP contribution in [0, 0.1) is 25.6 Å². The van der Waals surface area contributed by atoms with E-state index in [-0.39, 0.29) is 22.5 Å². The number of nitrogens with zero attached hydrogens (tertiary/aromatic N) is 3. The van der Waals surface area contributed by atoms with Gasteiger partial charge in [-0.2, -0.15) is 5.10 Å². The highest BCUT2D eigenvalue weighted by Crippen LogP contribution is 2.28. The van der Waals surface area contributed by atoms with Gasteiger partial charge >= 0.3 is 5.69 Å². The maximum absolute atomic E-state index is 10.8. The Hall–Kier alpha value is -2.51. The lowest BCUT2D eigenvalue weighted by atomic mass is 9.99. The maximum atomic E-state index is 10.8. The number of anilines is 1. The molecule has 1 rings (SSSR count). The number of rotatable bonds is 4. The van der Waals surface area contributed by atoms with E-state index in [4.69, 9.17) is 0 Å². The lowest BCUT2D eigenvalue weighted by Gasteiger charge is -2.10. The predicted molar refractivity (Wildman–Crippen MR) is 71.3 cm³/mol. The summed E-state index contributed by atoms with van der Waals surface area (Å²) in [6, 6.07) is 3.34. The summed E-state index contributed by atoms with van der Waals surface area (Å²) in [5.74, 6) is 0. The van der Waals surface area contributed by atoms with Gasteiger partial charge in [-0.1, -0.05) is 20.8 Å². The summed E-state index contributed by atoms with van der Waals surface area (Å²) in [7, 11) is 0. The van der Waals surface area contributed by atoms with Gasteiger partial charge in [-0.3, -0.25) is 25.7 Å². The molecule has 0 amide bonds. The molecule has 102 valence electrons. The third-order valence-electron chi connectivity index (χ3n) is 2.03. The van der Waals surface area contributed by atoms with Crippen LogP contribution in [0.3, 0.4) is 0 Å². The van der Waals surface area contributed by atoms with E-state index in [1.54, 1.807) is 6.21 Å². The Morgan fingerprint density at radius 2 is 1.84 bits per heavy atom. The zero-order chi connectivity index (χ0) is 14.6. The van der Waals surface area contributed by atoms with Crippen molar-refractivity contribution in [1.82, 2.24) is 0 Å². The highest BCUT2D eigenvalue weighted by atomic mass is 16.6. The van der Waals surface area contributed by atoms with Crippen molar-refractivity contribution in [2.24, 2.45) is 10.5 Å². The van der Waals surface area contributed by atoms with Crippen molar-refractivity contribution >= 4 is 23.3 Å². The molecule has 0 aliphatic carbocycles. The molecule has 1 N–H and O–H groups in total. The zero-order valence-corrected chi connectivity index (χ0v) is 10.8. The molecule has 0 atom stereocenters. The molecule has 0 aliphatic rings. The number of hydrogen-bond acceptors (Lipinski definition) is 6. The maximum Gasteiger partial charge on any atom is 0.301 e. The molecule has 0 saturated heterocycles. The second kappa shape index (κ2) is 5.42. The normalized spacial score (nSPS) is 11.5. The molecule has 0 saturated carbocycles. The van der Waals surface area contributed by atoms with Crippen LogP contribution >= 0.6 is 0 Å². The summed E-state index contributed by atoms with van der Waals surface area (Å²) in [5, 5.41) is 25.3. The standard InChI is InChI=1S/C11H14N4O4/c1-11(2,3)7-12-13-9-5-4-8(14(16)17)6-10(9)15(18)19/h4-7,13H,1-3H3/b12-7+. The van der Waals surface area contributed by atoms with Crippen LogP contribution < -0.4 is 5.43 Å². The summed E-state index contributed by atoms with van der Waals surface area (Å²) in [5.41, 5.74) is 1.73. The van der Waals surface area contributed by atoms with E-state index in [2.05, 4.69) is 10.5 Å². The molecule has 0 unspecified atom stereocenters. The SMILES string of the molecule is CC(C)(C)/C=N/Nc1ccc([N+](=O)[O-])cc1[N+](=O)[O-]. The van der Waals surface area contributed by atoms with Crippen LogP contribution in [0.5, 0.6) is 0 Å². The van der Waals surface area contributed by atoms with Gasteiger partial charge in [0.05, 0.1) is 15.9 Å². The average molecular weight is 266 g/mol. The van der Waals surface area contributed by atoms with E-state index < -0.39 is 9.85 Å². The molecule has 0 aromatic heterocycles. The number of nitro benzene ring substituents is 2. The summed E-state index contributed by atoms with van der Waals surface area (Å²) < 4.78 is 0. The van der Waals surface area contributed by atoms with Gasteiger partial charge in [0.15, 0.2) is 0 Å². The molecule has 0 bridgehead atoms. The Labute approximate surface area is 109 Å². The molecule has 8 heteroatoms. The molecular weight excluding hydrogens is 252 g/mol. The summed E-state index contributed by atoms with van der Waals surface area (Å²) in [4.78, 5) is 20.0. The predicted octanol–water partition coefficient (Wildman–Crippen LogP) is 2.95. The lowest BCUT2D eigenvalue weighted by Crippen LogP contribution is -2.08. The molecular formula is C11H14N4O4. The van der Waals surface area contributed by atoms with Crippen LogP contribution in [0.4, 0.5) is 17.1 Å². The van der Waals surface area contributed by atoms with Crippen LogP contribution in [0.2, 0.25) is 0 Å². The van der Waals surface area contributed by atoms with Crippen molar-refractivity contribution < 1.29 is 9.85 Å². The fourth-order valence-electron chi connectivity index (χ4n) is 1.17. The molecule has 0 heterocycles. The van der Waals surface area contributed by atoms with Gasteiger partial charge in [-0.15, -0.1) is 0 Å². The smallest absolute Gasteiger partial charge is 0.272 e. The largest absolute Gasteiger partial charge is 0.301 e. The van der Waals surface area contributed by atoms with Gasteiger partial charge in [-0.05, 0) is 11.5 Å². The minimum absolute atomic E-state index is 0.108. The second-order valence-corrected chi connectivity index (χ2v) is 4.95. The molecule has 1 aromatic rings. The Kier molecular flexibility index (Phi) is 4.15. The molecule has 0 aliphatic heterocycles. The summed E-state index contributed by atoms with van der Waals surface area (Å²) >= 11 is 0. The third kappa shape index (κ3) is 4.34. The van der Waals surface area contributed by atoms with Gasteiger partial charge in [0.25, 0.3) is 5.69 Å². The van der Waals surface area contributed by atoms with E-state index in [0.29, 0.717) is 0 Å². The number of hydrazone groups is 1. The van der Waals surface area contributed by atoms with Crippen molar-refractivity contribution in [3.8, 4) is 0 Å². The quantitative estimate of drug-likeness (QED) is 0.511. The van der Waals surface area contributed by atoms with Gasteiger partial charge in [0, 0.05) is 12.3 Å². The third-order valence-corrected chi connectivity index (χ3v) is 2.03. The minimum Gasteiger partial charge on any atom is -0.272 e. The zero-order valence-electron chi connectivity index (χ0n) is 10.8. The van der Waals surface area contributed by atoms with Crippen molar-refractivity contribution in [1.29, 1.82) is 0 Å². The highest BCUT2D eigenvalue weighted by molar-refractivity contribution is 5.69. The minimum atomic E-state index is -0.693. The number of benzene rings is 1. The molecule has 19 heavy (non-hydrogen) atoms. The Morgan fingerprint density at radius 1 is 1.21 bits per heavy atom. The van der Waals surface area contributed by atoms with Gasteiger partial charge in [-0.25, -0.2) is 0 Å². The molecule has 1 aromatic carbocycles. The van der Waals surface area contributed by atoms with Crippen LogP contribution in [0.15, 0.2) is 23.3 Å². The Morgan fingerprint density at radius 3 is 2.32 bits per heavy atom. The van der Waals surface area contributed by atoms with Gasteiger partial charge in [0.2, 0.25) is 0 Å². The fraction of sp³-hybridized carbons (Fsp3) is 0.364. The van der Waals surface area contributed by atoms with Crippen molar-refractivity contribution in [3.05, 3.63) is 38.4 Å². The van der Waals surface area contributed by atoms with Crippen LogP contribution in [0.1, 0.15) is 20.8 Å². The molecule has 0 radical (unpaired) electrons. The molecule has 0 spiro atoms. The summed E-state index contributed by atoms with van der Waals surface area (Å²) in [6.45, 7) is 5.76. The van der Waals surface area contributed by atoms with E-state index in [1.165, 1.54) is 12.1 Å². The van der Waals surface area contributed by atoms with Crippen molar-refractivity contribution in [3.63, 3.8) is 0 Å². The van der Waals surface area contributed by atoms with Crippen LogP contribution in [0.25, 0.3) is 0 Å². The first-order chi connectivity index (χ1) is 8.70. The van der Waals surface area contributed by atoms with Gasteiger partial charge < -0.3 is 0 Å². The monoisotopic (exact) mass is 266 g/mol.